The topological polar surface area (TPSA) is 0 Å². The average Bonchev–Trinajstić information content (AvgIpc) is 2.18. The molecule has 0 nitrogen and oxygen atoms in total. The van der Waals surface area contributed by atoms with Gasteiger partial charge in [-0.25, -0.2) is 21.1 Å². The van der Waals surface area contributed by atoms with Gasteiger partial charge in [-0.15, -0.1) is 0 Å². The van der Waals surface area contributed by atoms with Crippen LogP contribution in [-0.4, -0.2) is 25.0 Å². The third kappa shape index (κ3) is 16.1. The summed E-state index contributed by atoms with van der Waals surface area (Å²) in [6.45, 7) is 0. The van der Waals surface area contributed by atoms with Crippen LogP contribution in [-0.2, 0) is 0 Å². The minimum absolute atomic E-state index is 0.0161. The molecule has 0 aromatic carbocycles. The predicted molar refractivity (Wildman–Crippen MR) is 65.7 cm³/mol. The van der Waals surface area contributed by atoms with Crippen molar-refractivity contribution in [2.75, 3.05) is 0 Å². The molecule has 0 saturated heterocycles. The van der Waals surface area contributed by atoms with Crippen molar-refractivity contribution in [1.82, 2.24) is 0 Å². The molecule has 7 heteroatoms. The first-order chi connectivity index (χ1) is 7.92. The second kappa shape index (κ2) is 10.0. The molecular formula is C10H21F5Si2. The van der Waals surface area contributed by atoms with E-state index in [-0.39, 0.29) is 15.9 Å². The van der Waals surface area contributed by atoms with Gasteiger partial charge in [-0.1, -0.05) is 31.4 Å². The first kappa shape index (κ1) is 17.1. The molecule has 0 aliphatic rings. The highest BCUT2D eigenvalue weighted by Crippen LogP contribution is 2.19. The summed E-state index contributed by atoms with van der Waals surface area (Å²) in [5.41, 5.74) is 0. The van der Waals surface area contributed by atoms with Gasteiger partial charge >= 0.3 is 9.08 Å². The number of hydrogen-bond acceptors (Lipinski definition) is 0. The fourth-order valence-electron chi connectivity index (χ4n) is 1.68. The molecule has 17 heavy (non-hydrogen) atoms. The van der Waals surface area contributed by atoms with E-state index in [9.17, 15) is 21.1 Å². The Hall–Kier alpha value is 0.0838. The highest BCUT2D eigenvalue weighted by molar-refractivity contribution is 6.58. The van der Waals surface area contributed by atoms with Crippen LogP contribution >= 0.6 is 0 Å². The lowest BCUT2D eigenvalue weighted by molar-refractivity contribution is 0.134. The van der Waals surface area contributed by atoms with Gasteiger partial charge in [0.25, 0.3) is 0 Å². The number of halogens is 5. The number of alkyl halides is 2. The van der Waals surface area contributed by atoms with Crippen LogP contribution in [0, 0.1) is 0 Å². The number of hydrogen-bond donors (Lipinski definition) is 0. The molecular weight excluding hydrogens is 271 g/mol. The van der Waals surface area contributed by atoms with E-state index < -0.39 is 21.5 Å². The van der Waals surface area contributed by atoms with Crippen LogP contribution < -0.4 is 0 Å². The monoisotopic (exact) mass is 292 g/mol. The van der Waals surface area contributed by atoms with E-state index in [0.29, 0.717) is 19.3 Å². The summed E-state index contributed by atoms with van der Waals surface area (Å²) in [5.74, 6) is 0. The maximum Gasteiger partial charge on any atom is 0.616 e. The van der Waals surface area contributed by atoms with Crippen LogP contribution in [0.2, 0.25) is 18.1 Å². The quantitative estimate of drug-likeness (QED) is 0.228. The van der Waals surface area contributed by atoms with Gasteiger partial charge in [-0.3, -0.25) is 0 Å². The molecule has 0 spiro atoms. The van der Waals surface area contributed by atoms with Gasteiger partial charge in [-0.2, -0.15) is 0 Å². The third-order valence-electron chi connectivity index (χ3n) is 2.63. The van der Waals surface area contributed by atoms with Crippen molar-refractivity contribution < 1.29 is 21.1 Å². The van der Waals surface area contributed by atoms with Crippen LogP contribution in [0.5, 0.6) is 0 Å². The molecule has 0 fully saturated rings. The predicted octanol–water partition coefficient (Wildman–Crippen LogP) is 4.44. The Morgan fingerprint density at radius 2 is 1.41 bits per heavy atom. The summed E-state index contributed by atoms with van der Waals surface area (Å²) < 4.78 is 59.3. The summed E-state index contributed by atoms with van der Waals surface area (Å²) in [5, 5.41) is 0. The molecule has 0 aliphatic carbocycles. The van der Waals surface area contributed by atoms with Gasteiger partial charge in [-0.05, 0) is 12.8 Å². The van der Waals surface area contributed by atoms with Crippen molar-refractivity contribution in [1.29, 1.82) is 0 Å². The van der Waals surface area contributed by atoms with E-state index in [1.807, 2.05) is 0 Å². The Balaban J connectivity index is 3.04. The van der Waals surface area contributed by atoms with Gasteiger partial charge in [0, 0.05) is 22.0 Å². The zero-order valence-electron chi connectivity index (χ0n) is 10.0. The van der Waals surface area contributed by atoms with E-state index in [0.717, 1.165) is 24.9 Å². The van der Waals surface area contributed by atoms with E-state index in [2.05, 4.69) is 0 Å². The lowest BCUT2D eigenvalue weighted by Gasteiger charge is -2.03. The Labute approximate surface area is 103 Å². The SMILES string of the molecule is FC(F)CCCCC[SiH2]CCCC[Si](F)(F)F. The van der Waals surface area contributed by atoms with E-state index in [1.54, 1.807) is 0 Å². The molecule has 0 N–H and O–H groups in total. The van der Waals surface area contributed by atoms with E-state index in [4.69, 9.17) is 0 Å². The molecule has 0 saturated carbocycles. The second-order valence-corrected chi connectivity index (χ2v) is 8.23. The first-order valence-corrected chi connectivity index (χ1v) is 10.1. The van der Waals surface area contributed by atoms with Crippen molar-refractivity contribution in [3.05, 3.63) is 0 Å². The Morgan fingerprint density at radius 3 is 1.94 bits per heavy atom. The molecule has 0 amide bonds. The highest BCUT2D eigenvalue weighted by atomic mass is 28.5. The standard InChI is InChI=1S/C10H21F5Si2/c11-10(12)6-2-1-3-7-16-8-4-5-9-17(13,14)15/h10H,1-9,16H2. The minimum atomic E-state index is -5.31. The van der Waals surface area contributed by atoms with Crippen LogP contribution in [0.4, 0.5) is 21.1 Å². The molecule has 0 rings (SSSR count). The summed E-state index contributed by atoms with van der Waals surface area (Å²) >= 11 is 0. The fraction of sp³-hybridized carbons (Fsp3) is 1.00. The Bertz CT molecular complexity index is 173. The van der Waals surface area contributed by atoms with Crippen LogP contribution in [0.1, 0.15) is 38.5 Å². The van der Waals surface area contributed by atoms with Gasteiger partial charge in [0.2, 0.25) is 6.43 Å². The number of rotatable bonds is 11. The van der Waals surface area contributed by atoms with Gasteiger partial charge < -0.3 is 0 Å². The van der Waals surface area contributed by atoms with Crippen LogP contribution in [0.15, 0.2) is 0 Å². The van der Waals surface area contributed by atoms with E-state index >= 15 is 0 Å². The first-order valence-electron chi connectivity index (χ1n) is 6.27. The molecule has 0 aromatic rings. The minimum Gasteiger partial charge on any atom is -0.238 e. The molecule has 0 aliphatic heterocycles. The maximum atomic E-state index is 11.9. The average molecular weight is 292 g/mol. The smallest absolute Gasteiger partial charge is 0.238 e. The molecule has 0 heterocycles. The van der Waals surface area contributed by atoms with Crippen molar-refractivity contribution in [3.8, 4) is 0 Å². The van der Waals surface area contributed by atoms with Gasteiger partial charge in [0.05, 0.1) is 0 Å². The Kier molecular flexibility index (Phi) is 10.1. The molecule has 0 atom stereocenters. The largest absolute Gasteiger partial charge is 0.616 e. The fourth-order valence-corrected chi connectivity index (χ4v) is 4.10. The summed E-state index contributed by atoms with van der Waals surface area (Å²) in [7, 11) is -5.55. The van der Waals surface area contributed by atoms with Gasteiger partial charge in [0.1, 0.15) is 0 Å². The van der Waals surface area contributed by atoms with Crippen molar-refractivity contribution in [2.45, 2.75) is 63.1 Å². The zero-order chi connectivity index (χ0) is 13.1. The van der Waals surface area contributed by atoms with Crippen LogP contribution in [0.3, 0.4) is 0 Å². The highest BCUT2D eigenvalue weighted by Gasteiger charge is 2.35. The molecule has 104 valence electrons. The Morgan fingerprint density at radius 1 is 0.824 bits per heavy atom. The van der Waals surface area contributed by atoms with Crippen molar-refractivity contribution >= 4 is 18.6 Å². The third-order valence-corrected chi connectivity index (χ3v) is 5.55. The second-order valence-electron chi connectivity index (χ2n) is 4.37. The molecule has 0 unspecified atom stereocenters. The lowest BCUT2D eigenvalue weighted by atomic mass is 10.2. The van der Waals surface area contributed by atoms with Crippen molar-refractivity contribution in [2.24, 2.45) is 0 Å². The normalized spacial score (nSPS) is 13.1. The molecule has 0 radical (unpaired) electrons. The summed E-state index contributed by atoms with van der Waals surface area (Å²) in [6.07, 6.45) is 1.19. The molecule has 0 bridgehead atoms. The lowest BCUT2D eigenvalue weighted by Crippen LogP contribution is -2.13. The maximum absolute atomic E-state index is 11.9. The summed E-state index contributed by atoms with van der Waals surface area (Å²) in [4.78, 5) is 0. The van der Waals surface area contributed by atoms with Gasteiger partial charge in [0.15, 0.2) is 0 Å². The van der Waals surface area contributed by atoms with Crippen LogP contribution in [0.25, 0.3) is 0 Å². The van der Waals surface area contributed by atoms with E-state index in [1.165, 1.54) is 0 Å². The summed E-state index contributed by atoms with van der Waals surface area (Å²) in [6, 6.07) is 1.53. The zero-order valence-corrected chi connectivity index (χ0v) is 12.5. The molecule has 0 aromatic heterocycles. The number of unbranched alkanes of at least 4 members (excludes halogenated alkanes) is 3. The van der Waals surface area contributed by atoms with Crippen molar-refractivity contribution in [3.63, 3.8) is 0 Å².